The highest BCUT2D eigenvalue weighted by Gasteiger charge is 2.31. The Morgan fingerprint density at radius 1 is 0.786 bits per heavy atom. The third-order valence-corrected chi connectivity index (χ3v) is 8.48. The topological polar surface area (TPSA) is 101 Å². The Kier molecular flexibility index (Phi) is 7.38. The van der Waals surface area contributed by atoms with Crippen LogP contribution in [0.25, 0.3) is 22.3 Å². The van der Waals surface area contributed by atoms with Crippen molar-refractivity contribution < 1.29 is 4.74 Å². The first-order valence-corrected chi connectivity index (χ1v) is 14.7. The molecule has 10 heteroatoms. The molecular weight excluding hydrogens is 526 g/mol. The van der Waals surface area contributed by atoms with Gasteiger partial charge in [-0.2, -0.15) is 5.10 Å². The molecule has 2 aliphatic heterocycles. The fraction of sp³-hybridized carbons (Fsp3) is 0.312. The van der Waals surface area contributed by atoms with Crippen molar-refractivity contribution in [2.45, 2.75) is 37.8 Å². The number of nitrogens with two attached hydrogens (primary N) is 1. The van der Waals surface area contributed by atoms with Gasteiger partial charge in [-0.1, -0.05) is 18.2 Å². The van der Waals surface area contributed by atoms with E-state index in [1.54, 1.807) is 6.33 Å². The number of hydrazine groups is 1. The summed E-state index contributed by atoms with van der Waals surface area (Å²) in [4.78, 5) is 15.9. The van der Waals surface area contributed by atoms with E-state index < -0.39 is 0 Å². The number of fused-ring (bicyclic) bond motifs is 1. The zero-order valence-electron chi connectivity index (χ0n) is 23.5. The molecule has 2 N–H and O–H groups in total. The summed E-state index contributed by atoms with van der Waals surface area (Å²) in [5, 5.41) is 10.4. The Balaban J connectivity index is 1.04. The number of anilines is 1. The van der Waals surface area contributed by atoms with Gasteiger partial charge in [-0.05, 0) is 74.2 Å². The number of hydrogen-bond donors (Lipinski definition) is 1. The van der Waals surface area contributed by atoms with Crippen LogP contribution in [-0.2, 0) is 0 Å². The van der Waals surface area contributed by atoms with Crippen molar-refractivity contribution in [3.8, 4) is 22.8 Å². The molecule has 42 heavy (non-hydrogen) atoms. The molecule has 0 atom stereocenters. The second-order valence-electron chi connectivity index (χ2n) is 11.0. The molecule has 1 saturated heterocycles. The summed E-state index contributed by atoms with van der Waals surface area (Å²) < 4.78 is 8.09. The molecule has 2 fully saturated rings. The summed E-state index contributed by atoms with van der Waals surface area (Å²) in [6, 6.07) is 18.6. The number of benzene rings is 2. The minimum Gasteiger partial charge on any atom is -0.457 e. The van der Waals surface area contributed by atoms with Crippen molar-refractivity contribution >= 4 is 23.2 Å². The molecule has 0 unspecified atom stereocenters. The van der Waals surface area contributed by atoms with E-state index in [1.807, 2.05) is 79.3 Å². The first-order chi connectivity index (χ1) is 20.7. The lowest BCUT2D eigenvalue weighted by Gasteiger charge is -2.43. The van der Waals surface area contributed by atoms with Crippen LogP contribution in [-0.4, -0.2) is 73.2 Å². The Morgan fingerprint density at radius 2 is 1.52 bits per heavy atom. The number of aliphatic imine (C=N–C) groups is 1. The molecule has 1 saturated carbocycles. The lowest BCUT2D eigenvalue weighted by atomic mass is 9.90. The van der Waals surface area contributed by atoms with Crippen LogP contribution in [0.4, 0.5) is 5.82 Å². The number of ether oxygens (including phenoxy) is 1. The summed E-state index contributed by atoms with van der Waals surface area (Å²) in [6.45, 7) is 4.11. The van der Waals surface area contributed by atoms with Crippen molar-refractivity contribution in [2.75, 3.05) is 31.9 Å². The predicted molar refractivity (Wildman–Crippen MR) is 165 cm³/mol. The van der Waals surface area contributed by atoms with Gasteiger partial charge in [0.15, 0.2) is 5.65 Å². The number of nitrogens with zero attached hydrogens (tertiary/aromatic N) is 8. The normalized spacial score (nSPS) is 21.6. The number of hydrogen-bond acceptors (Lipinski definition) is 9. The van der Waals surface area contributed by atoms with Crippen LogP contribution in [0.2, 0.25) is 0 Å². The Morgan fingerprint density at radius 3 is 2.31 bits per heavy atom. The maximum absolute atomic E-state index is 6.40. The van der Waals surface area contributed by atoms with Crippen LogP contribution in [0.3, 0.4) is 0 Å². The van der Waals surface area contributed by atoms with Crippen LogP contribution in [0, 0.1) is 0 Å². The molecular formula is C32H35N9O. The monoisotopic (exact) mass is 561 g/mol. The van der Waals surface area contributed by atoms with Gasteiger partial charge in [-0.15, -0.1) is 0 Å². The van der Waals surface area contributed by atoms with E-state index in [-0.39, 0.29) is 6.04 Å². The van der Waals surface area contributed by atoms with Crippen molar-refractivity contribution in [1.29, 1.82) is 0 Å². The van der Waals surface area contributed by atoms with Crippen LogP contribution >= 0.6 is 0 Å². The molecule has 4 aromatic rings. The van der Waals surface area contributed by atoms with Crippen LogP contribution in [0.15, 0.2) is 90.5 Å². The average Bonchev–Trinajstić information content (AvgIpc) is 3.22. The van der Waals surface area contributed by atoms with Gasteiger partial charge >= 0.3 is 0 Å². The van der Waals surface area contributed by atoms with E-state index in [0.717, 1.165) is 85.7 Å². The molecule has 0 radical (unpaired) electrons. The highest BCUT2D eigenvalue weighted by atomic mass is 16.5. The quantitative estimate of drug-likeness (QED) is 0.341. The van der Waals surface area contributed by atoms with Gasteiger partial charge in [0.1, 0.15) is 35.7 Å². The van der Waals surface area contributed by atoms with E-state index in [2.05, 4.69) is 40.8 Å². The van der Waals surface area contributed by atoms with E-state index in [1.165, 1.54) is 0 Å². The van der Waals surface area contributed by atoms with Gasteiger partial charge < -0.3 is 10.5 Å². The van der Waals surface area contributed by atoms with Gasteiger partial charge in [0, 0.05) is 50.2 Å². The zero-order chi connectivity index (χ0) is 28.3. The molecule has 214 valence electrons. The summed E-state index contributed by atoms with van der Waals surface area (Å²) in [6.07, 6.45) is 15.7. The second-order valence-corrected chi connectivity index (χ2v) is 11.0. The number of piperazine rings is 1. The molecule has 0 bridgehead atoms. The van der Waals surface area contributed by atoms with Gasteiger partial charge in [0.05, 0.1) is 11.4 Å². The summed E-state index contributed by atoms with van der Waals surface area (Å²) in [5.41, 5.74) is 8.99. The summed E-state index contributed by atoms with van der Waals surface area (Å²) in [5.74, 6) is 2.03. The Bertz CT molecular complexity index is 1580. The fourth-order valence-electron chi connectivity index (χ4n) is 6.28. The standard InChI is InChI=1S/C32H35N9O/c33-31-29-30(24-8-14-28(15-9-24)42-27-6-2-1-3-7-27)37-41(32(29)36-22-35-31)26-12-10-25(11-13-26)38-18-20-39(21-19-38)40-17-5-4-16-34-23-40/h1-9,14-17,22-23,25-26H,10-13,18-21H2,(H2,33,35,36). The predicted octanol–water partition coefficient (Wildman–Crippen LogP) is 5.26. The van der Waals surface area contributed by atoms with Crippen molar-refractivity contribution in [3.63, 3.8) is 0 Å². The highest BCUT2D eigenvalue weighted by Crippen LogP contribution is 2.37. The SMILES string of the molecule is Nc1ncnc2c1c(-c1ccc(Oc3ccccc3)cc1)nn2C1CCC(N2CCN(N3C=CC=CN=C3)CC2)CC1. The molecule has 2 aromatic heterocycles. The van der Waals surface area contributed by atoms with Crippen molar-refractivity contribution in [2.24, 2.45) is 4.99 Å². The van der Waals surface area contributed by atoms with Crippen LogP contribution < -0.4 is 10.5 Å². The van der Waals surface area contributed by atoms with Crippen LogP contribution in [0.1, 0.15) is 31.7 Å². The number of nitrogen functional groups attached to an aromatic ring is 1. The molecule has 3 aliphatic rings. The third-order valence-electron chi connectivity index (χ3n) is 8.48. The minimum absolute atomic E-state index is 0.278. The van der Waals surface area contributed by atoms with Gasteiger partial charge in [-0.25, -0.2) is 24.7 Å². The smallest absolute Gasteiger partial charge is 0.164 e. The number of aromatic nitrogens is 4. The van der Waals surface area contributed by atoms with Crippen LogP contribution in [0.5, 0.6) is 11.5 Å². The van der Waals surface area contributed by atoms with E-state index in [4.69, 9.17) is 15.6 Å². The van der Waals surface area contributed by atoms with Crippen molar-refractivity contribution in [3.05, 3.63) is 85.5 Å². The van der Waals surface area contributed by atoms with E-state index in [9.17, 15) is 0 Å². The lowest BCUT2D eigenvalue weighted by molar-refractivity contribution is 0.00557. The molecule has 4 heterocycles. The van der Waals surface area contributed by atoms with Gasteiger partial charge in [-0.3, -0.25) is 9.91 Å². The average molecular weight is 562 g/mol. The summed E-state index contributed by atoms with van der Waals surface area (Å²) in [7, 11) is 0. The maximum Gasteiger partial charge on any atom is 0.164 e. The molecule has 2 aromatic carbocycles. The fourth-order valence-corrected chi connectivity index (χ4v) is 6.28. The third kappa shape index (κ3) is 5.38. The Hall–Kier alpha value is -4.54. The zero-order valence-corrected chi connectivity index (χ0v) is 23.5. The number of rotatable bonds is 6. The van der Waals surface area contributed by atoms with Gasteiger partial charge in [0.2, 0.25) is 0 Å². The minimum atomic E-state index is 0.278. The largest absolute Gasteiger partial charge is 0.457 e. The number of allylic oxidation sites excluding steroid dienone is 2. The highest BCUT2D eigenvalue weighted by molar-refractivity contribution is 5.98. The van der Waals surface area contributed by atoms with E-state index >= 15 is 0 Å². The van der Waals surface area contributed by atoms with Crippen molar-refractivity contribution in [1.82, 2.24) is 34.7 Å². The second kappa shape index (κ2) is 11.8. The molecule has 10 nitrogen and oxygen atoms in total. The van der Waals surface area contributed by atoms with Gasteiger partial charge in [0.25, 0.3) is 0 Å². The lowest BCUT2D eigenvalue weighted by Crippen LogP contribution is -2.54. The summed E-state index contributed by atoms with van der Waals surface area (Å²) >= 11 is 0. The molecule has 1 aliphatic carbocycles. The maximum atomic E-state index is 6.40. The molecule has 7 rings (SSSR count). The van der Waals surface area contributed by atoms with E-state index in [0.29, 0.717) is 11.9 Å². The first-order valence-electron chi connectivity index (χ1n) is 14.7. The number of para-hydroxylation sites is 1. The first kappa shape index (κ1) is 26.4. The Labute approximate surface area is 245 Å². The molecule has 0 spiro atoms. The molecule has 0 amide bonds.